The summed E-state index contributed by atoms with van der Waals surface area (Å²) >= 11 is 0. The first kappa shape index (κ1) is 29.9. The summed E-state index contributed by atoms with van der Waals surface area (Å²) in [6.07, 6.45) is 35.0. The largest absolute Gasteiger partial charge is 0.469 e. The smallest absolute Gasteiger partial charge is 0.305 e. The lowest BCUT2D eigenvalue weighted by atomic mass is 10.0. The van der Waals surface area contributed by atoms with Crippen LogP contribution in [0.15, 0.2) is 24.3 Å². The van der Waals surface area contributed by atoms with Crippen LogP contribution in [-0.4, -0.2) is 13.1 Å². The van der Waals surface area contributed by atoms with Crippen LogP contribution in [0.3, 0.4) is 0 Å². The van der Waals surface area contributed by atoms with Crippen molar-refractivity contribution < 1.29 is 9.53 Å². The number of ether oxygens (including phenoxy) is 1. The first-order valence-corrected chi connectivity index (χ1v) is 13.5. The third kappa shape index (κ3) is 26.9. The highest BCUT2D eigenvalue weighted by Crippen LogP contribution is 2.14. The molecule has 0 fully saturated rings. The SMILES string of the molecule is COC(=O)CCCC=CCCC=CCCCCCCCCCCCCCCCC(C)C. The van der Waals surface area contributed by atoms with Crippen LogP contribution >= 0.6 is 0 Å². The maximum Gasteiger partial charge on any atom is 0.305 e. The Labute approximate surface area is 195 Å². The van der Waals surface area contributed by atoms with Gasteiger partial charge in [-0.3, -0.25) is 4.79 Å². The Bertz CT molecular complexity index is 422. The summed E-state index contributed by atoms with van der Waals surface area (Å²) in [5, 5.41) is 0. The molecule has 0 rings (SSSR count). The molecule has 0 aliphatic rings. The van der Waals surface area contributed by atoms with Crippen LogP contribution in [0.1, 0.15) is 142 Å². The third-order valence-corrected chi connectivity index (χ3v) is 5.96. The fourth-order valence-electron chi connectivity index (χ4n) is 3.89. The average molecular weight is 435 g/mol. The highest BCUT2D eigenvalue weighted by Gasteiger charge is 1.97. The van der Waals surface area contributed by atoms with Gasteiger partial charge < -0.3 is 4.74 Å². The Hall–Kier alpha value is -1.05. The molecule has 0 aromatic carbocycles. The van der Waals surface area contributed by atoms with Crippen LogP contribution < -0.4 is 0 Å². The molecule has 0 saturated carbocycles. The molecule has 0 radical (unpaired) electrons. The number of carbonyl (C=O) groups is 1. The molecule has 0 amide bonds. The van der Waals surface area contributed by atoms with E-state index < -0.39 is 0 Å². The molecule has 0 spiro atoms. The van der Waals surface area contributed by atoms with E-state index in [4.69, 9.17) is 0 Å². The second-order valence-corrected chi connectivity index (χ2v) is 9.56. The molecule has 0 aliphatic carbocycles. The summed E-state index contributed by atoms with van der Waals surface area (Å²) in [5.74, 6) is 0.775. The monoisotopic (exact) mass is 434 g/mol. The minimum atomic E-state index is -0.107. The van der Waals surface area contributed by atoms with Gasteiger partial charge in [0.15, 0.2) is 0 Å². The molecule has 0 N–H and O–H groups in total. The summed E-state index contributed by atoms with van der Waals surface area (Å²) in [5.41, 5.74) is 0. The second-order valence-electron chi connectivity index (χ2n) is 9.56. The maximum absolute atomic E-state index is 11.0. The molecule has 2 heteroatoms. The molecule has 0 saturated heterocycles. The van der Waals surface area contributed by atoms with Crippen molar-refractivity contribution in [3.8, 4) is 0 Å². The van der Waals surface area contributed by atoms with E-state index in [-0.39, 0.29) is 5.97 Å². The summed E-state index contributed by atoms with van der Waals surface area (Å²) < 4.78 is 4.63. The standard InChI is InChI=1S/C29H54O2/c1-28(2)26-24-22-20-18-16-14-12-10-8-6-4-5-7-9-11-13-15-17-19-21-23-25-27-29(30)31-3/h11,13,19,21,28H,4-10,12,14-18,20,22-27H2,1-3H3. The number of rotatable bonds is 23. The van der Waals surface area contributed by atoms with Gasteiger partial charge in [0.2, 0.25) is 0 Å². The summed E-state index contributed by atoms with van der Waals surface area (Å²) in [7, 11) is 1.45. The van der Waals surface area contributed by atoms with Crippen molar-refractivity contribution in [3.05, 3.63) is 24.3 Å². The predicted molar refractivity (Wildman–Crippen MR) is 137 cm³/mol. The van der Waals surface area contributed by atoms with Gasteiger partial charge in [-0.1, -0.05) is 122 Å². The molecule has 0 aliphatic heterocycles. The molecule has 182 valence electrons. The van der Waals surface area contributed by atoms with Gasteiger partial charge in [0.25, 0.3) is 0 Å². The Morgan fingerprint density at radius 2 is 0.968 bits per heavy atom. The molecular formula is C29H54O2. The Balaban J connectivity index is 3.17. The number of hydrogen-bond acceptors (Lipinski definition) is 2. The van der Waals surface area contributed by atoms with Crippen molar-refractivity contribution >= 4 is 5.97 Å². The third-order valence-electron chi connectivity index (χ3n) is 5.96. The lowest BCUT2D eigenvalue weighted by Gasteiger charge is -2.04. The molecule has 0 aromatic heterocycles. The molecule has 0 atom stereocenters. The van der Waals surface area contributed by atoms with E-state index in [1.54, 1.807) is 0 Å². The van der Waals surface area contributed by atoms with Crippen molar-refractivity contribution in [3.63, 3.8) is 0 Å². The normalized spacial score (nSPS) is 11.9. The summed E-state index contributed by atoms with van der Waals surface area (Å²) in [6.45, 7) is 4.67. The number of unbranched alkanes of at least 4 members (excludes halogenated alkanes) is 15. The van der Waals surface area contributed by atoms with Gasteiger partial charge in [0.05, 0.1) is 7.11 Å². The molecule has 31 heavy (non-hydrogen) atoms. The minimum Gasteiger partial charge on any atom is -0.469 e. The van der Waals surface area contributed by atoms with Crippen LogP contribution in [0.4, 0.5) is 0 Å². The highest BCUT2D eigenvalue weighted by molar-refractivity contribution is 5.69. The fraction of sp³-hybridized carbons (Fsp3) is 0.828. The van der Waals surface area contributed by atoms with Gasteiger partial charge in [-0.05, 0) is 44.4 Å². The van der Waals surface area contributed by atoms with Crippen molar-refractivity contribution in [1.82, 2.24) is 0 Å². The number of methoxy groups -OCH3 is 1. The van der Waals surface area contributed by atoms with E-state index in [0.29, 0.717) is 6.42 Å². The molecule has 0 bridgehead atoms. The van der Waals surface area contributed by atoms with Gasteiger partial charge >= 0.3 is 5.97 Å². The van der Waals surface area contributed by atoms with Gasteiger partial charge in [-0.15, -0.1) is 0 Å². The zero-order chi connectivity index (χ0) is 22.8. The van der Waals surface area contributed by atoms with E-state index in [1.807, 2.05) is 0 Å². The fourth-order valence-corrected chi connectivity index (χ4v) is 3.89. The lowest BCUT2D eigenvalue weighted by molar-refractivity contribution is -0.140. The second kappa shape index (κ2) is 25.2. The van der Waals surface area contributed by atoms with Crippen molar-refractivity contribution in [1.29, 1.82) is 0 Å². The first-order valence-electron chi connectivity index (χ1n) is 13.5. The Kier molecular flexibility index (Phi) is 24.4. The minimum absolute atomic E-state index is 0.107. The molecular weight excluding hydrogens is 380 g/mol. The Morgan fingerprint density at radius 3 is 1.42 bits per heavy atom. The number of hydrogen-bond donors (Lipinski definition) is 0. The van der Waals surface area contributed by atoms with E-state index in [9.17, 15) is 4.79 Å². The summed E-state index contributed by atoms with van der Waals surface area (Å²) in [6, 6.07) is 0. The highest BCUT2D eigenvalue weighted by atomic mass is 16.5. The van der Waals surface area contributed by atoms with E-state index >= 15 is 0 Å². The quantitative estimate of drug-likeness (QED) is 0.0908. The predicted octanol–water partition coefficient (Wildman–Crippen LogP) is 9.73. The lowest BCUT2D eigenvalue weighted by Crippen LogP contribution is -1.98. The molecule has 0 heterocycles. The van der Waals surface area contributed by atoms with Gasteiger partial charge in [0.1, 0.15) is 0 Å². The molecule has 0 unspecified atom stereocenters. The van der Waals surface area contributed by atoms with Crippen LogP contribution in [-0.2, 0) is 9.53 Å². The number of esters is 1. The maximum atomic E-state index is 11.0. The van der Waals surface area contributed by atoms with Gasteiger partial charge in [0, 0.05) is 6.42 Å². The number of carbonyl (C=O) groups excluding carboxylic acids is 1. The Morgan fingerprint density at radius 1 is 0.581 bits per heavy atom. The van der Waals surface area contributed by atoms with Gasteiger partial charge in [-0.2, -0.15) is 0 Å². The summed E-state index contributed by atoms with van der Waals surface area (Å²) in [4.78, 5) is 11.0. The topological polar surface area (TPSA) is 26.3 Å². The van der Waals surface area contributed by atoms with Crippen molar-refractivity contribution in [2.45, 2.75) is 142 Å². The van der Waals surface area contributed by atoms with E-state index in [0.717, 1.165) is 31.6 Å². The molecule has 0 aromatic rings. The van der Waals surface area contributed by atoms with Crippen LogP contribution in [0, 0.1) is 5.92 Å². The first-order chi connectivity index (χ1) is 15.2. The van der Waals surface area contributed by atoms with Crippen molar-refractivity contribution in [2.24, 2.45) is 5.92 Å². The van der Waals surface area contributed by atoms with Crippen LogP contribution in [0.5, 0.6) is 0 Å². The average Bonchev–Trinajstić information content (AvgIpc) is 2.76. The molecule has 2 nitrogen and oxygen atoms in total. The number of allylic oxidation sites excluding steroid dienone is 4. The van der Waals surface area contributed by atoms with Gasteiger partial charge in [-0.25, -0.2) is 0 Å². The zero-order valence-electron chi connectivity index (χ0n) is 21.3. The zero-order valence-corrected chi connectivity index (χ0v) is 21.3. The van der Waals surface area contributed by atoms with E-state index in [2.05, 4.69) is 42.9 Å². The van der Waals surface area contributed by atoms with Crippen molar-refractivity contribution in [2.75, 3.05) is 7.11 Å². The van der Waals surface area contributed by atoms with Crippen LogP contribution in [0.25, 0.3) is 0 Å². The van der Waals surface area contributed by atoms with Crippen LogP contribution in [0.2, 0.25) is 0 Å². The van der Waals surface area contributed by atoms with E-state index in [1.165, 1.54) is 103 Å².